The van der Waals surface area contributed by atoms with E-state index in [1.807, 2.05) is 24.0 Å². The zero-order valence-corrected chi connectivity index (χ0v) is 14.5. The van der Waals surface area contributed by atoms with Crippen LogP contribution in [0.3, 0.4) is 0 Å². The highest BCUT2D eigenvalue weighted by Gasteiger charge is 2.27. The molecule has 0 unspecified atom stereocenters. The van der Waals surface area contributed by atoms with Gasteiger partial charge < -0.3 is 15.4 Å². The Bertz CT molecular complexity index is 705. The maximum absolute atomic E-state index is 12.7. The van der Waals surface area contributed by atoms with E-state index in [-0.39, 0.29) is 12.0 Å². The Morgan fingerprint density at radius 2 is 2.42 bits per heavy atom. The van der Waals surface area contributed by atoms with E-state index < -0.39 is 0 Å². The van der Waals surface area contributed by atoms with Crippen molar-refractivity contribution in [1.82, 2.24) is 19.5 Å². The number of nitrogens with zero attached hydrogens (tertiary/aromatic N) is 4. The fourth-order valence-electron chi connectivity index (χ4n) is 2.80. The summed E-state index contributed by atoms with van der Waals surface area (Å²) in [4.78, 5) is 19.2. The zero-order chi connectivity index (χ0) is 16.9. The van der Waals surface area contributed by atoms with Crippen LogP contribution >= 0.6 is 11.5 Å². The van der Waals surface area contributed by atoms with Crippen LogP contribution in [0.5, 0.6) is 0 Å². The molecule has 2 aromatic heterocycles. The van der Waals surface area contributed by atoms with E-state index in [2.05, 4.69) is 14.6 Å². The molecule has 3 heterocycles. The minimum atomic E-state index is 0.0169. The molecular weight excluding hydrogens is 326 g/mol. The smallest absolute Gasteiger partial charge is 0.267 e. The Kier molecular flexibility index (Phi) is 5.37. The predicted octanol–water partition coefficient (Wildman–Crippen LogP) is 1.55. The molecule has 1 atom stereocenters. The second-order valence-corrected chi connectivity index (χ2v) is 6.53. The summed E-state index contributed by atoms with van der Waals surface area (Å²) >= 11 is 1.17. The van der Waals surface area contributed by atoms with Crippen LogP contribution in [0, 0.1) is 0 Å². The van der Waals surface area contributed by atoms with Gasteiger partial charge in [0.25, 0.3) is 5.91 Å². The Morgan fingerprint density at radius 3 is 3.21 bits per heavy atom. The van der Waals surface area contributed by atoms with Crippen LogP contribution < -0.4 is 5.73 Å². The number of pyridine rings is 1. The van der Waals surface area contributed by atoms with Gasteiger partial charge in [-0.15, -0.1) is 5.10 Å². The number of ether oxygens (including phenoxy) is 1. The van der Waals surface area contributed by atoms with Crippen LogP contribution in [-0.4, -0.2) is 51.2 Å². The lowest BCUT2D eigenvalue weighted by atomic mass is 10.1. The number of hydrogen-bond donors (Lipinski definition) is 1. The van der Waals surface area contributed by atoms with E-state index in [0.717, 1.165) is 30.5 Å². The summed E-state index contributed by atoms with van der Waals surface area (Å²) in [6.45, 7) is 3.75. The van der Waals surface area contributed by atoms with Crippen LogP contribution in [-0.2, 0) is 17.6 Å². The molecule has 0 aromatic carbocycles. The van der Waals surface area contributed by atoms with Crippen molar-refractivity contribution >= 4 is 23.3 Å². The highest BCUT2D eigenvalue weighted by molar-refractivity contribution is 7.08. The molecule has 0 bridgehead atoms. The molecule has 1 amide bonds. The summed E-state index contributed by atoms with van der Waals surface area (Å²) < 4.78 is 9.72. The molecule has 0 spiro atoms. The van der Waals surface area contributed by atoms with Crippen molar-refractivity contribution < 1.29 is 9.53 Å². The Hall–Kier alpha value is -2.06. The lowest BCUT2D eigenvalue weighted by molar-refractivity contribution is -0.0244. The Balaban J connectivity index is 1.59. The van der Waals surface area contributed by atoms with Gasteiger partial charge in [-0.2, -0.15) is 0 Å². The minimum Gasteiger partial charge on any atom is -0.384 e. The van der Waals surface area contributed by atoms with Gasteiger partial charge in [-0.25, -0.2) is 4.98 Å². The van der Waals surface area contributed by atoms with Gasteiger partial charge in [0.15, 0.2) is 0 Å². The first-order chi connectivity index (χ1) is 11.7. The molecule has 7 nitrogen and oxygen atoms in total. The summed E-state index contributed by atoms with van der Waals surface area (Å²) in [5, 5.41) is 4.03. The van der Waals surface area contributed by atoms with Gasteiger partial charge in [0.1, 0.15) is 10.7 Å². The third kappa shape index (κ3) is 3.88. The second kappa shape index (κ2) is 7.67. The molecule has 24 heavy (non-hydrogen) atoms. The van der Waals surface area contributed by atoms with Crippen LogP contribution in [0.4, 0.5) is 5.82 Å². The van der Waals surface area contributed by atoms with Gasteiger partial charge in [-0.3, -0.25) is 4.79 Å². The first-order valence-corrected chi connectivity index (χ1v) is 8.87. The topological polar surface area (TPSA) is 94.2 Å². The fourth-order valence-corrected chi connectivity index (χ4v) is 3.52. The number of carbonyl (C=O) groups is 1. The summed E-state index contributed by atoms with van der Waals surface area (Å²) in [5.41, 5.74) is 7.62. The maximum Gasteiger partial charge on any atom is 0.267 e. The van der Waals surface area contributed by atoms with Crippen molar-refractivity contribution in [1.29, 1.82) is 0 Å². The van der Waals surface area contributed by atoms with Gasteiger partial charge in [0.05, 0.1) is 18.4 Å². The summed E-state index contributed by atoms with van der Waals surface area (Å²) in [5.74, 6) is 0.543. The largest absolute Gasteiger partial charge is 0.384 e. The highest BCUT2D eigenvalue weighted by atomic mass is 32.1. The van der Waals surface area contributed by atoms with E-state index in [9.17, 15) is 4.79 Å². The van der Waals surface area contributed by atoms with Gasteiger partial charge in [-0.05, 0) is 48.5 Å². The van der Waals surface area contributed by atoms with Crippen molar-refractivity contribution in [2.24, 2.45) is 0 Å². The number of nitrogens with two attached hydrogens (primary N) is 1. The maximum atomic E-state index is 12.7. The van der Waals surface area contributed by atoms with Gasteiger partial charge >= 0.3 is 0 Å². The number of anilines is 1. The normalized spacial score (nSPS) is 17.9. The third-order valence-corrected chi connectivity index (χ3v) is 4.87. The molecule has 2 N–H and O–H groups in total. The molecular formula is C16H21N5O2S. The van der Waals surface area contributed by atoms with Gasteiger partial charge in [-0.1, -0.05) is 11.4 Å². The third-order valence-electron chi connectivity index (χ3n) is 4.11. The molecule has 1 fully saturated rings. The lowest BCUT2D eigenvalue weighted by Crippen LogP contribution is -2.45. The molecule has 8 heteroatoms. The molecule has 1 aliphatic rings. The predicted molar refractivity (Wildman–Crippen MR) is 91.9 cm³/mol. The van der Waals surface area contributed by atoms with E-state index >= 15 is 0 Å². The first kappa shape index (κ1) is 16.8. The number of carbonyl (C=O) groups excluding carboxylic acids is 1. The van der Waals surface area contributed by atoms with Crippen molar-refractivity contribution in [3.05, 3.63) is 34.5 Å². The Morgan fingerprint density at radius 1 is 1.54 bits per heavy atom. The van der Waals surface area contributed by atoms with E-state index in [4.69, 9.17) is 10.5 Å². The van der Waals surface area contributed by atoms with Crippen molar-refractivity contribution in [2.75, 3.05) is 25.4 Å². The average molecular weight is 347 g/mol. The van der Waals surface area contributed by atoms with E-state index in [0.29, 0.717) is 30.4 Å². The van der Waals surface area contributed by atoms with E-state index in [1.165, 1.54) is 11.5 Å². The van der Waals surface area contributed by atoms with Crippen molar-refractivity contribution in [2.45, 2.75) is 32.3 Å². The fraction of sp³-hybridized carbons (Fsp3) is 0.500. The number of hydrogen-bond acceptors (Lipinski definition) is 7. The second-order valence-electron chi connectivity index (χ2n) is 5.77. The number of nitrogen functional groups attached to an aromatic ring is 1. The van der Waals surface area contributed by atoms with Crippen LogP contribution in [0.1, 0.15) is 34.3 Å². The molecule has 128 valence electrons. The number of morpholine rings is 1. The quantitative estimate of drug-likeness (QED) is 0.882. The summed E-state index contributed by atoms with van der Waals surface area (Å²) in [6.07, 6.45) is 4.15. The van der Waals surface area contributed by atoms with Crippen LogP contribution in [0.15, 0.2) is 18.3 Å². The first-order valence-electron chi connectivity index (χ1n) is 8.10. The number of aryl methyl sites for hydroxylation is 2. The minimum absolute atomic E-state index is 0.0169. The molecule has 2 aromatic rings. The Labute approximate surface area is 145 Å². The molecule has 0 radical (unpaired) electrons. The summed E-state index contributed by atoms with van der Waals surface area (Å²) in [6, 6.07) is 3.83. The van der Waals surface area contributed by atoms with Gasteiger partial charge in [0.2, 0.25) is 0 Å². The molecule has 0 aliphatic carbocycles. The number of rotatable bonds is 5. The van der Waals surface area contributed by atoms with Crippen LogP contribution in [0.25, 0.3) is 0 Å². The molecule has 1 saturated heterocycles. The zero-order valence-electron chi connectivity index (χ0n) is 13.6. The highest BCUT2D eigenvalue weighted by Crippen LogP contribution is 2.19. The van der Waals surface area contributed by atoms with Crippen molar-refractivity contribution in [3.8, 4) is 0 Å². The van der Waals surface area contributed by atoms with Crippen molar-refractivity contribution in [3.63, 3.8) is 0 Å². The van der Waals surface area contributed by atoms with E-state index in [1.54, 1.807) is 6.20 Å². The molecule has 3 rings (SSSR count). The molecule has 0 saturated carbocycles. The standard InChI is InChI=1S/C16H21N5O2S/c1-2-13-15(24-20-19-13)16(22)21-7-8-23-12(10-21)4-3-11-5-6-18-14(17)9-11/h5-6,9,12H,2-4,7-8,10H2,1H3,(H2,17,18)/t12-/m0/s1. The summed E-state index contributed by atoms with van der Waals surface area (Å²) in [7, 11) is 0. The SMILES string of the molecule is CCc1nnsc1C(=O)N1CCO[C@@H](CCc2ccnc(N)c2)C1. The number of aromatic nitrogens is 3. The monoisotopic (exact) mass is 347 g/mol. The van der Waals surface area contributed by atoms with Crippen LogP contribution in [0.2, 0.25) is 0 Å². The average Bonchev–Trinajstić information content (AvgIpc) is 3.08. The molecule has 1 aliphatic heterocycles. The number of amides is 1. The van der Waals surface area contributed by atoms with Gasteiger partial charge in [0, 0.05) is 19.3 Å². The lowest BCUT2D eigenvalue weighted by Gasteiger charge is -2.32.